The van der Waals surface area contributed by atoms with Crippen molar-refractivity contribution in [2.24, 2.45) is 0 Å². The maximum Gasteiger partial charge on any atom is 0.262 e. The minimum Gasteiger partial charge on any atom is -0.493 e. The van der Waals surface area contributed by atoms with Gasteiger partial charge in [-0.25, -0.2) is 0 Å². The van der Waals surface area contributed by atoms with Gasteiger partial charge in [-0.15, -0.1) is 0 Å². The molecule has 0 spiro atoms. The lowest BCUT2D eigenvalue weighted by atomic mass is 10.1. The van der Waals surface area contributed by atoms with E-state index in [1.54, 1.807) is 13.2 Å². The molecule has 1 amide bonds. The molecular weight excluding hydrogens is 388 g/mol. The monoisotopic (exact) mass is 414 g/mol. The van der Waals surface area contributed by atoms with Crippen LogP contribution in [0.5, 0.6) is 11.5 Å². The first-order chi connectivity index (χ1) is 14.1. The van der Waals surface area contributed by atoms with E-state index in [0.29, 0.717) is 24.7 Å². The third-order valence-electron chi connectivity index (χ3n) is 4.74. The molecule has 0 saturated carbocycles. The number of methoxy groups -OCH3 is 1. The van der Waals surface area contributed by atoms with Gasteiger partial charge in [-0.2, -0.15) is 0 Å². The summed E-state index contributed by atoms with van der Waals surface area (Å²) in [6.07, 6.45) is 0.843. The van der Waals surface area contributed by atoms with E-state index in [2.05, 4.69) is 17.1 Å². The minimum atomic E-state index is -0.221. The number of morpholine rings is 1. The van der Waals surface area contributed by atoms with E-state index in [9.17, 15) is 4.79 Å². The van der Waals surface area contributed by atoms with Gasteiger partial charge in [0.15, 0.2) is 18.1 Å². The van der Waals surface area contributed by atoms with E-state index >= 15 is 0 Å². The van der Waals surface area contributed by atoms with Crippen molar-refractivity contribution in [1.82, 2.24) is 4.90 Å². The highest BCUT2D eigenvalue weighted by molar-refractivity contribution is 7.80. The van der Waals surface area contributed by atoms with Gasteiger partial charge in [0, 0.05) is 24.3 Å². The van der Waals surface area contributed by atoms with Crippen LogP contribution in [-0.4, -0.2) is 55.8 Å². The summed E-state index contributed by atoms with van der Waals surface area (Å²) >= 11 is 5.60. The van der Waals surface area contributed by atoms with Crippen LogP contribution < -0.4 is 14.8 Å². The molecule has 1 aliphatic heterocycles. The van der Waals surface area contributed by atoms with E-state index in [-0.39, 0.29) is 12.5 Å². The number of thiocarbonyl (C=S) groups is 1. The number of nitrogens with zero attached hydrogens (tertiary/aromatic N) is 1. The Bertz CT molecular complexity index is 866. The molecule has 7 heteroatoms. The lowest BCUT2D eigenvalue weighted by molar-refractivity contribution is -0.118. The summed E-state index contributed by atoms with van der Waals surface area (Å²) in [5, 5.41) is 2.90. The molecule has 0 aromatic heterocycles. The van der Waals surface area contributed by atoms with Gasteiger partial charge in [0.05, 0.1) is 20.3 Å². The normalized spacial score (nSPS) is 13.7. The summed E-state index contributed by atoms with van der Waals surface area (Å²) in [5.74, 6) is 0.820. The van der Waals surface area contributed by atoms with Gasteiger partial charge < -0.3 is 24.4 Å². The summed E-state index contributed by atoms with van der Waals surface area (Å²) in [6, 6.07) is 13.3. The Hall–Kier alpha value is -2.64. The zero-order valence-electron chi connectivity index (χ0n) is 16.8. The Balaban J connectivity index is 1.63. The number of amides is 1. The molecule has 0 bridgehead atoms. The molecule has 0 aliphatic carbocycles. The molecule has 1 fully saturated rings. The van der Waals surface area contributed by atoms with Crippen LogP contribution in [-0.2, 0) is 16.0 Å². The molecule has 6 nitrogen and oxygen atoms in total. The number of anilines is 1. The second-order valence-corrected chi connectivity index (χ2v) is 7.00. The van der Waals surface area contributed by atoms with Crippen LogP contribution in [0.25, 0.3) is 0 Å². The highest BCUT2D eigenvalue weighted by Crippen LogP contribution is 2.29. The lowest BCUT2D eigenvalue weighted by Gasteiger charge is -2.29. The second kappa shape index (κ2) is 10.2. The van der Waals surface area contributed by atoms with Crippen LogP contribution in [0.4, 0.5) is 5.69 Å². The molecule has 29 heavy (non-hydrogen) atoms. The summed E-state index contributed by atoms with van der Waals surface area (Å²) in [5.41, 5.74) is 2.77. The number of carbonyl (C=O) groups is 1. The fourth-order valence-corrected chi connectivity index (χ4v) is 3.46. The van der Waals surface area contributed by atoms with Crippen LogP contribution >= 0.6 is 12.2 Å². The molecule has 1 N–H and O–H groups in total. The van der Waals surface area contributed by atoms with Gasteiger partial charge in [-0.05, 0) is 36.2 Å². The predicted molar refractivity (Wildman–Crippen MR) is 117 cm³/mol. The average Bonchev–Trinajstić information content (AvgIpc) is 2.78. The Labute approximate surface area is 176 Å². The van der Waals surface area contributed by atoms with E-state index in [1.165, 1.54) is 0 Å². The van der Waals surface area contributed by atoms with E-state index in [4.69, 9.17) is 26.4 Å². The molecule has 2 aromatic carbocycles. The molecular formula is C22H26N2O4S. The first-order valence-corrected chi connectivity index (χ1v) is 10.1. The molecule has 0 unspecified atom stereocenters. The summed E-state index contributed by atoms with van der Waals surface area (Å²) < 4.78 is 16.5. The van der Waals surface area contributed by atoms with Crippen molar-refractivity contribution in [3.8, 4) is 11.5 Å². The first-order valence-electron chi connectivity index (χ1n) is 9.68. The largest absolute Gasteiger partial charge is 0.493 e. The maximum atomic E-state index is 12.3. The van der Waals surface area contributed by atoms with Gasteiger partial charge in [0.2, 0.25) is 0 Å². The molecule has 1 saturated heterocycles. The molecule has 154 valence electrons. The Morgan fingerprint density at radius 3 is 2.66 bits per heavy atom. The molecule has 0 radical (unpaired) electrons. The van der Waals surface area contributed by atoms with E-state index in [0.717, 1.165) is 41.3 Å². The predicted octanol–water partition coefficient (Wildman–Crippen LogP) is 3.28. The van der Waals surface area contributed by atoms with Crippen molar-refractivity contribution in [3.05, 3.63) is 53.6 Å². The highest BCUT2D eigenvalue weighted by atomic mass is 32.1. The van der Waals surface area contributed by atoms with Crippen LogP contribution in [0.15, 0.2) is 42.5 Å². The van der Waals surface area contributed by atoms with Gasteiger partial charge in [0.25, 0.3) is 5.91 Å². The quantitative estimate of drug-likeness (QED) is 0.702. The van der Waals surface area contributed by atoms with Crippen molar-refractivity contribution in [2.45, 2.75) is 13.3 Å². The SMILES string of the molecule is CCc1ccccc1NC(=O)COc1ccc(C(=S)N2CCOCC2)cc1OC. The van der Waals surface area contributed by atoms with Crippen LogP contribution in [0.1, 0.15) is 18.1 Å². The average molecular weight is 415 g/mol. The minimum absolute atomic E-state index is 0.109. The van der Waals surface area contributed by atoms with Crippen molar-refractivity contribution < 1.29 is 19.0 Å². The van der Waals surface area contributed by atoms with Gasteiger partial charge >= 0.3 is 0 Å². The zero-order valence-corrected chi connectivity index (χ0v) is 17.6. The van der Waals surface area contributed by atoms with Gasteiger partial charge in [-0.1, -0.05) is 37.3 Å². The molecule has 0 atom stereocenters. The molecule has 3 rings (SSSR count). The van der Waals surface area contributed by atoms with Crippen molar-refractivity contribution in [3.63, 3.8) is 0 Å². The number of hydrogen-bond donors (Lipinski definition) is 1. The number of benzene rings is 2. The number of hydrogen-bond acceptors (Lipinski definition) is 5. The molecule has 1 aliphatic rings. The topological polar surface area (TPSA) is 60.0 Å². The summed E-state index contributed by atoms with van der Waals surface area (Å²) in [7, 11) is 1.57. The van der Waals surface area contributed by atoms with E-state index in [1.807, 2.05) is 36.4 Å². The van der Waals surface area contributed by atoms with Crippen LogP contribution in [0.2, 0.25) is 0 Å². The zero-order chi connectivity index (χ0) is 20.6. The number of rotatable bonds is 7. The third kappa shape index (κ3) is 5.46. The maximum absolute atomic E-state index is 12.3. The molecule has 1 heterocycles. The fraction of sp³-hybridized carbons (Fsp3) is 0.364. The summed E-state index contributed by atoms with van der Waals surface area (Å²) in [4.78, 5) is 15.2. The number of carbonyl (C=O) groups excluding carboxylic acids is 1. The fourth-order valence-electron chi connectivity index (χ4n) is 3.15. The number of nitrogens with one attached hydrogen (secondary N) is 1. The molecule has 2 aromatic rings. The van der Waals surface area contributed by atoms with Crippen molar-refractivity contribution in [1.29, 1.82) is 0 Å². The van der Waals surface area contributed by atoms with E-state index < -0.39 is 0 Å². The summed E-state index contributed by atoms with van der Waals surface area (Å²) in [6.45, 7) is 4.85. The number of ether oxygens (including phenoxy) is 3. The second-order valence-electron chi connectivity index (χ2n) is 6.62. The Morgan fingerprint density at radius 1 is 1.17 bits per heavy atom. The first kappa shape index (κ1) is 21.1. The third-order valence-corrected chi connectivity index (χ3v) is 5.23. The van der Waals surface area contributed by atoms with Crippen LogP contribution in [0.3, 0.4) is 0 Å². The lowest BCUT2D eigenvalue weighted by Crippen LogP contribution is -2.40. The van der Waals surface area contributed by atoms with Crippen LogP contribution in [0, 0.1) is 0 Å². The Morgan fingerprint density at radius 2 is 1.93 bits per heavy atom. The smallest absolute Gasteiger partial charge is 0.262 e. The number of aryl methyl sites for hydroxylation is 1. The van der Waals surface area contributed by atoms with Gasteiger partial charge in [-0.3, -0.25) is 4.79 Å². The van der Waals surface area contributed by atoms with Gasteiger partial charge in [0.1, 0.15) is 4.99 Å². The highest BCUT2D eigenvalue weighted by Gasteiger charge is 2.17. The number of para-hydroxylation sites is 1. The standard InChI is InChI=1S/C22H26N2O4S/c1-3-16-6-4-5-7-18(16)23-21(25)15-28-19-9-8-17(14-20(19)26-2)22(29)24-10-12-27-13-11-24/h4-9,14H,3,10-13,15H2,1-2H3,(H,23,25). The Kier molecular flexibility index (Phi) is 7.43. The van der Waals surface area contributed by atoms with Crippen molar-refractivity contribution in [2.75, 3.05) is 45.3 Å². The van der Waals surface area contributed by atoms with Crippen molar-refractivity contribution >= 4 is 28.8 Å².